The first kappa shape index (κ1) is 13.1. The van der Waals surface area contributed by atoms with E-state index < -0.39 is 10.0 Å². The first-order valence-electron chi connectivity index (χ1n) is 5.73. The standard InChI is InChI=1S/C12H16BrNO2S/c13-9-12-7-4-8-14(12)17(15,16)10-11-5-2-1-3-6-11/h1-3,5-6,12H,4,7-10H2. The second-order valence-electron chi connectivity index (χ2n) is 4.30. The predicted molar refractivity (Wildman–Crippen MR) is 72.6 cm³/mol. The van der Waals surface area contributed by atoms with Gasteiger partial charge in [0, 0.05) is 17.9 Å². The zero-order valence-electron chi connectivity index (χ0n) is 9.55. The van der Waals surface area contributed by atoms with Crippen LogP contribution >= 0.6 is 15.9 Å². The molecule has 1 aliphatic heterocycles. The highest BCUT2D eigenvalue weighted by Gasteiger charge is 2.33. The Morgan fingerprint density at radius 3 is 2.65 bits per heavy atom. The van der Waals surface area contributed by atoms with Crippen LogP contribution in [0.1, 0.15) is 18.4 Å². The molecule has 3 nitrogen and oxygen atoms in total. The SMILES string of the molecule is O=S(=O)(Cc1ccccc1)N1CCCC1CBr. The summed E-state index contributed by atoms with van der Waals surface area (Å²) in [6.45, 7) is 0.658. The van der Waals surface area contributed by atoms with Crippen molar-refractivity contribution in [2.24, 2.45) is 0 Å². The molecule has 1 atom stereocenters. The molecule has 1 heterocycles. The molecule has 1 aliphatic rings. The van der Waals surface area contributed by atoms with Crippen LogP contribution < -0.4 is 0 Å². The molecule has 2 rings (SSSR count). The first-order valence-corrected chi connectivity index (χ1v) is 8.46. The summed E-state index contributed by atoms with van der Waals surface area (Å²) < 4.78 is 26.2. The molecule has 0 aromatic heterocycles. The molecule has 17 heavy (non-hydrogen) atoms. The van der Waals surface area contributed by atoms with Gasteiger partial charge in [-0.05, 0) is 18.4 Å². The number of nitrogens with zero attached hydrogens (tertiary/aromatic N) is 1. The Morgan fingerprint density at radius 2 is 2.00 bits per heavy atom. The third-order valence-electron chi connectivity index (χ3n) is 3.05. The Kier molecular flexibility index (Phi) is 4.22. The van der Waals surface area contributed by atoms with Crippen LogP contribution in [0.2, 0.25) is 0 Å². The Bertz CT molecular complexity index is 461. The van der Waals surface area contributed by atoms with E-state index in [2.05, 4.69) is 15.9 Å². The minimum absolute atomic E-state index is 0.108. The lowest BCUT2D eigenvalue weighted by molar-refractivity contribution is 0.413. The van der Waals surface area contributed by atoms with E-state index in [-0.39, 0.29) is 11.8 Å². The Hall–Kier alpha value is -0.390. The second kappa shape index (κ2) is 5.50. The third kappa shape index (κ3) is 3.09. The number of hydrogen-bond acceptors (Lipinski definition) is 2. The molecule has 5 heteroatoms. The van der Waals surface area contributed by atoms with Gasteiger partial charge < -0.3 is 0 Å². The van der Waals surface area contributed by atoms with Crippen LogP contribution in [0, 0.1) is 0 Å². The minimum Gasteiger partial charge on any atom is -0.212 e. The molecule has 94 valence electrons. The lowest BCUT2D eigenvalue weighted by Gasteiger charge is -2.22. The van der Waals surface area contributed by atoms with Crippen LogP contribution in [0.25, 0.3) is 0 Å². The van der Waals surface area contributed by atoms with Crippen molar-refractivity contribution in [3.05, 3.63) is 35.9 Å². The van der Waals surface area contributed by atoms with Gasteiger partial charge in [0.2, 0.25) is 10.0 Å². The number of halogens is 1. The van der Waals surface area contributed by atoms with E-state index in [0.717, 1.165) is 23.7 Å². The van der Waals surface area contributed by atoms with Crippen LogP contribution in [0.4, 0.5) is 0 Å². The van der Waals surface area contributed by atoms with Gasteiger partial charge in [-0.15, -0.1) is 0 Å². The molecule has 0 amide bonds. The number of benzene rings is 1. The van der Waals surface area contributed by atoms with Gasteiger partial charge in [-0.25, -0.2) is 8.42 Å². The Morgan fingerprint density at radius 1 is 1.29 bits per heavy atom. The summed E-state index contributed by atoms with van der Waals surface area (Å²) in [6.07, 6.45) is 1.92. The van der Waals surface area contributed by atoms with Crippen LogP contribution in [-0.2, 0) is 15.8 Å². The smallest absolute Gasteiger partial charge is 0.212 e. The maximum absolute atomic E-state index is 12.3. The summed E-state index contributed by atoms with van der Waals surface area (Å²) in [6, 6.07) is 9.48. The zero-order valence-corrected chi connectivity index (χ0v) is 12.0. The van der Waals surface area contributed by atoms with Crippen molar-refractivity contribution >= 4 is 26.0 Å². The minimum atomic E-state index is -3.17. The highest BCUT2D eigenvalue weighted by molar-refractivity contribution is 9.09. The molecule has 1 aromatic rings. The van der Waals surface area contributed by atoms with Gasteiger partial charge in [0.1, 0.15) is 0 Å². The summed E-state index contributed by atoms with van der Waals surface area (Å²) >= 11 is 3.39. The fourth-order valence-electron chi connectivity index (χ4n) is 2.20. The summed E-state index contributed by atoms with van der Waals surface area (Å²) in [7, 11) is -3.17. The van der Waals surface area contributed by atoms with Gasteiger partial charge >= 0.3 is 0 Å². The van der Waals surface area contributed by atoms with Crippen molar-refractivity contribution in [2.45, 2.75) is 24.6 Å². The molecular weight excluding hydrogens is 302 g/mol. The van der Waals surface area contributed by atoms with Crippen molar-refractivity contribution in [2.75, 3.05) is 11.9 Å². The molecule has 1 aromatic carbocycles. The topological polar surface area (TPSA) is 37.4 Å². The molecular formula is C12H16BrNO2S. The highest BCUT2D eigenvalue weighted by Crippen LogP contribution is 2.24. The van der Waals surface area contributed by atoms with Gasteiger partial charge in [-0.3, -0.25) is 0 Å². The average Bonchev–Trinajstić information content (AvgIpc) is 2.78. The van der Waals surface area contributed by atoms with Crippen molar-refractivity contribution in [1.29, 1.82) is 0 Å². The fourth-order valence-corrected chi connectivity index (χ4v) is 4.88. The maximum atomic E-state index is 12.3. The summed E-state index contributed by atoms with van der Waals surface area (Å²) in [5.74, 6) is 0.108. The van der Waals surface area contributed by atoms with Gasteiger partial charge in [-0.2, -0.15) is 4.31 Å². The molecule has 0 radical (unpaired) electrons. The second-order valence-corrected chi connectivity index (χ2v) is 6.87. The lowest BCUT2D eigenvalue weighted by Crippen LogP contribution is -2.37. The average molecular weight is 318 g/mol. The third-order valence-corrected chi connectivity index (χ3v) is 5.69. The molecule has 0 saturated carbocycles. The number of hydrogen-bond donors (Lipinski definition) is 0. The largest absolute Gasteiger partial charge is 0.218 e. The Labute approximate surface area is 111 Å². The first-order chi connectivity index (χ1) is 8.13. The zero-order chi connectivity index (χ0) is 12.3. The summed E-state index contributed by atoms with van der Waals surface area (Å²) in [5.41, 5.74) is 0.854. The Balaban J connectivity index is 2.14. The predicted octanol–water partition coefficient (Wildman–Crippen LogP) is 2.38. The van der Waals surface area contributed by atoms with Gasteiger partial charge in [-0.1, -0.05) is 46.3 Å². The van der Waals surface area contributed by atoms with Crippen molar-refractivity contribution in [3.63, 3.8) is 0 Å². The summed E-state index contributed by atoms with van der Waals surface area (Å²) in [5, 5.41) is 0.723. The van der Waals surface area contributed by atoms with Crippen LogP contribution in [0.3, 0.4) is 0 Å². The number of sulfonamides is 1. The normalized spacial score (nSPS) is 21.8. The van der Waals surface area contributed by atoms with E-state index in [4.69, 9.17) is 0 Å². The van der Waals surface area contributed by atoms with E-state index in [1.54, 1.807) is 4.31 Å². The number of alkyl halides is 1. The lowest BCUT2D eigenvalue weighted by atomic mass is 10.2. The molecule has 0 bridgehead atoms. The van der Waals surface area contributed by atoms with Gasteiger partial charge in [0.05, 0.1) is 5.75 Å². The molecule has 0 spiro atoms. The van der Waals surface area contributed by atoms with Crippen molar-refractivity contribution < 1.29 is 8.42 Å². The molecule has 0 aliphatic carbocycles. The van der Waals surface area contributed by atoms with Gasteiger partial charge in [0.15, 0.2) is 0 Å². The monoisotopic (exact) mass is 317 g/mol. The van der Waals surface area contributed by atoms with Gasteiger partial charge in [0.25, 0.3) is 0 Å². The maximum Gasteiger partial charge on any atom is 0.218 e. The van der Waals surface area contributed by atoms with E-state index in [0.29, 0.717) is 6.54 Å². The van der Waals surface area contributed by atoms with Crippen LogP contribution in [0.15, 0.2) is 30.3 Å². The quantitative estimate of drug-likeness (QED) is 0.799. The summed E-state index contributed by atoms with van der Waals surface area (Å²) in [4.78, 5) is 0. The molecule has 1 saturated heterocycles. The molecule has 0 N–H and O–H groups in total. The van der Waals surface area contributed by atoms with Crippen LogP contribution in [0.5, 0.6) is 0 Å². The van der Waals surface area contributed by atoms with Crippen molar-refractivity contribution in [1.82, 2.24) is 4.31 Å². The van der Waals surface area contributed by atoms with E-state index in [1.165, 1.54) is 0 Å². The van der Waals surface area contributed by atoms with E-state index in [9.17, 15) is 8.42 Å². The highest BCUT2D eigenvalue weighted by atomic mass is 79.9. The van der Waals surface area contributed by atoms with Crippen molar-refractivity contribution in [3.8, 4) is 0 Å². The fraction of sp³-hybridized carbons (Fsp3) is 0.500. The van der Waals surface area contributed by atoms with Crippen LogP contribution in [-0.4, -0.2) is 30.6 Å². The van der Waals surface area contributed by atoms with E-state index >= 15 is 0 Å². The molecule has 1 fully saturated rings. The van der Waals surface area contributed by atoms with E-state index in [1.807, 2.05) is 30.3 Å². The number of rotatable bonds is 4. The molecule has 1 unspecified atom stereocenters.